The maximum atomic E-state index is 13.2. The molecule has 0 aromatic carbocycles. The fourth-order valence-corrected chi connectivity index (χ4v) is 6.04. The van der Waals surface area contributed by atoms with Gasteiger partial charge in [0.05, 0.1) is 4.47 Å². The Morgan fingerprint density at radius 1 is 1.05 bits per heavy atom. The lowest BCUT2D eigenvalue weighted by Gasteiger charge is -2.26. The average Bonchev–Trinajstić information content (AvgIpc) is 3.30. The van der Waals surface area contributed by atoms with Gasteiger partial charge in [0.1, 0.15) is 17.1 Å². The van der Waals surface area contributed by atoms with Gasteiger partial charge in [-0.25, -0.2) is 14.8 Å². The van der Waals surface area contributed by atoms with Gasteiger partial charge in [-0.1, -0.05) is 18.9 Å². The molecule has 1 saturated heterocycles. The van der Waals surface area contributed by atoms with Gasteiger partial charge in [0.15, 0.2) is 0 Å². The first-order chi connectivity index (χ1) is 18.6. The highest BCUT2D eigenvalue weighted by molar-refractivity contribution is 9.10. The Hall–Kier alpha value is -3.01. The van der Waals surface area contributed by atoms with E-state index in [-0.39, 0.29) is 17.7 Å². The topological polar surface area (TPSA) is 102 Å². The molecule has 2 aliphatic rings. The minimum absolute atomic E-state index is 0.0346. The first-order valence-electron chi connectivity index (χ1n) is 13.9. The number of fused-ring (bicyclic) bond motifs is 1. The molecular formula is C29H37BrN6O3. The summed E-state index contributed by atoms with van der Waals surface area (Å²) < 4.78 is 7.98. The van der Waals surface area contributed by atoms with Crippen LogP contribution >= 0.6 is 15.9 Å². The quantitative estimate of drug-likeness (QED) is 0.361. The molecule has 1 atom stereocenters. The van der Waals surface area contributed by atoms with Crippen molar-refractivity contribution in [2.45, 2.75) is 90.2 Å². The predicted octanol–water partition coefficient (Wildman–Crippen LogP) is 6.62. The van der Waals surface area contributed by atoms with Crippen LogP contribution in [-0.4, -0.2) is 49.2 Å². The van der Waals surface area contributed by atoms with Crippen molar-refractivity contribution in [3.63, 3.8) is 0 Å². The van der Waals surface area contributed by atoms with E-state index in [2.05, 4.69) is 37.3 Å². The standard InChI is InChI=1S/C29H37BrN6O3/c1-18-22-17-32-27(34-25(22)36(26(37)24(18)30)21-9-5-6-10-21)33-23-12-11-20(16-31-23)19-8-7-14-35(15-13-19)28(38)39-29(2,3)4/h11-12,16-17,19,21H,5-10,13-15H2,1-4H3,(H,31,32,33,34). The number of likely N-dealkylation sites (tertiary alicyclic amines) is 1. The molecule has 1 aliphatic heterocycles. The number of anilines is 2. The summed E-state index contributed by atoms with van der Waals surface area (Å²) in [5, 5.41) is 4.10. The minimum Gasteiger partial charge on any atom is -0.444 e. The van der Waals surface area contributed by atoms with Gasteiger partial charge in [-0.15, -0.1) is 0 Å². The molecule has 2 fully saturated rings. The van der Waals surface area contributed by atoms with Crippen molar-refractivity contribution in [1.29, 1.82) is 0 Å². The third-order valence-electron chi connectivity index (χ3n) is 7.70. The Balaban J connectivity index is 1.31. The van der Waals surface area contributed by atoms with E-state index in [1.807, 2.05) is 49.4 Å². The molecule has 208 valence electrons. The lowest BCUT2D eigenvalue weighted by atomic mass is 9.93. The molecule has 4 heterocycles. The van der Waals surface area contributed by atoms with Crippen molar-refractivity contribution in [2.24, 2.45) is 0 Å². The molecule has 0 bridgehead atoms. The van der Waals surface area contributed by atoms with E-state index >= 15 is 0 Å². The molecule has 1 unspecified atom stereocenters. The summed E-state index contributed by atoms with van der Waals surface area (Å²) in [5.74, 6) is 1.39. The number of hydrogen-bond donors (Lipinski definition) is 1. The SMILES string of the molecule is Cc1c(Br)c(=O)n(C2CCCC2)c2nc(Nc3ccc(C4CCCN(C(=O)OC(C)(C)C)CC4)cn3)ncc12. The Kier molecular flexibility index (Phi) is 7.94. The lowest BCUT2D eigenvalue weighted by molar-refractivity contribution is 0.0256. The van der Waals surface area contributed by atoms with E-state index in [4.69, 9.17) is 9.72 Å². The zero-order valence-corrected chi connectivity index (χ0v) is 24.8. The summed E-state index contributed by atoms with van der Waals surface area (Å²) in [6, 6.07) is 4.18. The van der Waals surface area contributed by atoms with Crippen molar-refractivity contribution < 1.29 is 9.53 Å². The van der Waals surface area contributed by atoms with E-state index in [0.29, 0.717) is 40.9 Å². The Labute approximate surface area is 237 Å². The van der Waals surface area contributed by atoms with Gasteiger partial charge in [0.2, 0.25) is 5.95 Å². The van der Waals surface area contributed by atoms with Crippen molar-refractivity contribution >= 4 is 44.8 Å². The second-order valence-electron chi connectivity index (χ2n) is 11.7. The van der Waals surface area contributed by atoms with Crippen LogP contribution in [0.2, 0.25) is 0 Å². The van der Waals surface area contributed by atoms with Gasteiger partial charge in [0, 0.05) is 36.9 Å². The van der Waals surface area contributed by atoms with Gasteiger partial charge in [-0.05, 0) is 98.8 Å². The number of nitrogens with one attached hydrogen (secondary N) is 1. The number of rotatable bonds is 4. The van der Waals surface area contributed by atoms with Gasteiger partial charge < -0.3 is 15.0 Å². The van der Waals surface area contributed by atoms with Crippen LogP contribution in [0.1, 0.15) is 88.8 Å². The normalized spacial score (nSPS) is 18.8. The Bertz CT molecular complexity index is 1410. The lowest BCUT2D eigenvalue weighted by Crippen LogP contribution is -2.37. The van der Waals surface area contributed by atoms with Crippen LogP contribution in [0.5, 0.6) is 0 Å². The average molecular weight is 598 g/mol. The highest BCUT2D eigenvalue weighted by atomic mass is 79.9. The number of aryl methyl sites for hydroxylation is 1. The number of pyridine rings is 2. The molecule has 1 amide bonds. The van der Waals surface area contributed by atoms with E-state index in [1.54, 1.807) is 6.20 Å². The third kappa shape index (κ3) is 6.10. The van der Waals surface area contributed by atoms with E-state index in [9.17, 15) is 9.59 Å². The van der Waals surface area contributed by atoms with Crippen molar-refractivity contribution in [2.75, 3.05) is 18.4 Å². The molecule has 0 radical (unpaired) electrons. The number of aromatic nitrogens is 4. The second kappa shape index (κ2) is 11.2. The number of ether oxygens (including phenoxy) is 1. The molecule has 1 aliphatic carbocycles. The predicted molar refractivity (Wildman–Crippen MR) is 156 cm³/mol. The molecule has 9 nitrogen and oxygen atoms in total. The Morgan fingerprint density at radius 2 is 1.82 bits per heavy atom. The Morgan fingerprint density at radius 3 is 2.51 bits per heavy atom. The zero-order chi connectivity index (χ0) is 27.7. The van der Waals surface area contributed by atoms with Crippen molar-refractivity contribution in [3.8, 4) is 0 Å². The maximum absolute atomic E-state index is 13.2. The molecule has 10 heteroatoms. The molecule has 1 N–H and O–H groups in total. The molecule has 39 heavy (non-hydrogen) atoms. The summed E-state index contributed by atoms with van der Waals surface area (Å²) in [4.78, 5) is 41.5. The number of amides is 1. The van der Waals surface area contributed by atoms with Crippen LogP contribution in [0, 0.1) is 6.92 Å². The monoisotopic (exact) mass is 596 g/mol. The van der Waals surface area contributed by atoms with Crippen molar-refractivity contribution in [3.05, 3.63) is 50.5 Å². The van der Waals surface area contributed by atoms with E-state index < -0.39 is 5.60 Å². The fraction of sp³-hybridized carbons (Fsp3) is 0.552. The smallest absolute Gasteiger partial charge is 0.410 e. The van der Waals surface area contributed by atoms with Crippen LogP contribution in [0.3, 0.4) is 0 Å². The van der Waals surface area contributed by atoms with Crippen LogP contribution < -0.4 is 10.9 Å². The number of hydrogen-bond acceptors (Lipinski definition) is 7. The molecule has 3 aromatic rings. The molecular weight excluding hydrogens is 560 g/mol. The van der Waals surface area contributed by atoms with Gasteiger partial charge in [-0.2, -0.15) is 4.98 Å². The summed E-state index contributed by atoms with van der Waals surface area (Å²) in [7, 11) is 0. The molecule has 5 rings (SSSR count). The highest BCUT2D eigenvalue weighted by Gasteiger charge is 2.26. The summed E-state index contributed by atoms with van der Waals surface area (Å²) in [5.41, 5.74) is 2.14. The minimum atomic E-state index is -0.492. The zero-order valence-electron chi connectivity index (χ0n) is 23.2. The number of carbonyl (C=O) groups excluding carboxylic acids is 1. The third-order valence-corrected chi connectivity index (χ3v) is 8.64. The second-order valence-corrected chi connectivity index (χ2v) is 12.5. The van der Waals surface area contributed by atoms with E-state index in [0.717, 1.165) is 61.5 Å². The van der Waals surface area contributed by atoms with Gasteiger partial charge in [0.25, 0.3) is 5.56 Å². The summed E-state index contributed by atoms with van der Waals surface area (Å²) >= 11 is 3.50. The number of carbonyl (C=O) groups is 1. The summed E-state index contributed by atoms with van der Waals surface area (Å²) in [6.07, 6.45) is 10.4. The first kappa shape index (κ1) is 27.6. The number of halogens is 1. The largest absolute Gasteiger partial charge is 0.444 e. The van der Waals surface area contributed by atoms with Gasteiger partial charge in [-0.3, -0.25) is 9.36 Å². The highest BCUT2D eigenvalue weighted by Crippen LogP contribution is 2.33. The first-order valence-corrected chi connectivity index (χ1v) is 14.7. The number of nitrogens with zero attached hydrogens (tertiary/aromatic N) is 5. The molecule has 1 saturated carbocycles. The van der Waals surface area contributed by atoms with Crippen LogP contribution in [-0.2, 0) is 4.74 Å². The molecule has 0 spiro atoms. The van der Waals surface area contributed by atoms with Crippen LogP contribution in [0.15, 0.2) is 33.8 Å². The van der Waals surface area contributed by atoms with Crippen LogP contribution in [0.4, 0.5) is 16.6 Å². The summed E-state index contributed by atoms with van der Waals surface area (Å²) in [6.45, 7) is 8.98. The van der Waals surface area contributed by atoms with Crippen molar-refractivity contribution in [1.82, 2.24) is 24.4 Å². The van der Waals surface area contributed by atoms with Gasteiger partial charge >= 0.3 is 6.09 Å². The maximum Gasteiger partial charge on any atom is 0.410 e. The molecule has 3 aromatic heterocycles. The fourth-order valence-electron chi connectivity index (χ4n) is 5.64. The van der Waals surface area contributed by atoms with Crippen LogP contribution in [0.25, 0.3) is 11.0 Å². The van der Waals surface area contributed by atoms with E-state index in [1.165, 1.54) is 0 Å².